The first-order chi connectivity index (χ1) is 8.33. The number of hydrogen-bond donors (Lipinski definition) is 0. The molecule has 0 radical (unpaired) electrons. The van der Waals surface area contributed by atoms with Crippen molar-refractivity contribution in [1.82, 2.24) is 19.5 Å². The summed E-state index contributed by atoms with van der Waals surface area (Å²) in [7, 11) is 3.03. The number of ether oxygens (including phenoxy) is 2. The summed E-state index contributed by atoms with van der Waals surface area (Å²) in [4.78, 5) is 8.31. The molecule has 0 aliphatic heterocycles. The highest BCUT2D eigenvalue weighted by Gasteiger charge is 2.19. The van der Waals surface area contributed by atoms with Crippen molar-refractivity contribution in [3.05, 3.63) is 24.5 Å². The minimum atomic E-state index is 0.241. The summed E-state index contributed by atoms with van der Waals surface area (Å²) in [5.41, 5.74) is 0.938. The fraction of sp³-hybridized carbons (Fsp3) is 0.200. The Morgan fingerprint density at radius 3 is 2.88 bits per heavy atom. The van der Waals surface area contributed by atoms with Crippen LogP contribution in [0.2, 0.25) is 0 Å². The largest absolute Gasteiger partial charge is 0.449 e. The van der Waals surface area contributed by atoms with E-state index in [2.05, 4.69) is 15.1 Å². The zero-order valence-electron chi connectivity index (χ0n) is 9.36. The molecule has 0 aliphatic carbocycles. The van der Waals surface area contributed by atoms with E-state index in [1.54, 1.807) is 6.20 Å². The van der Waals surface area contributed by atoms with Crippen LogP contribution in [0, 0.1) is 0 Å². The molecule has 3 heterocycles. The fourth-order valence-electron chi connectivity index (χ4n) is 1.65. The second kappa shape index (κ2) is 3.55. The molecule has 86 valence electrons. The summed E-state index contributed by atoms with van der Waals surface area (Å²) in [6.07, 6.45) is 3.60. The first kappa shape index (κ1) is 9.76. The number of hydrogen-bond acceptors (Lipinski definition) is 5. The highest BCUT2D eigenvalue weighted by molar-refractivity contribution is 5.48. The van der Waals surface area contributed by atoms with Crippen LogP contribution < -0.4 is 14.0 Å². The first-order valence-corrected chi connectivity index (χ1v) is 4.97. The van der Waals surface area contributed by atoms with E-state index in [1.165, 1.54) is 18.7 Å². The third kappa shape index (κ3) is 1.36. The SMILES string of the molecule is COc1nc(OC)[n+]2ncc3cccn3c2n1. The molecule has 0 atom stereocenters. The van der Waals surface area contributed by atoms with Gasteiger partial charge in [0.2, 0.25) is 0 Å². The van der Waals surface area contributed by atoms with Crippen LogP contribution >= 0.6 is 0 Å². The Morgan fingerprint density at radius 2 is 2.12 bits per heavy atom. The Labute approximate surface area is 96.3 Å². The van der Waals surface area contributed by atoms with Crippen LogP contribution in [0.4, 0.5) is 0 Å². The van der Waals surface area contributed by atoms with Crippen molar-refractivity contribution >= 4 is 11.3 Å². The Kier molecular flexibility index (Phi) is 2.04. The first-order valence-electron chi connectivity index (χ1n) is 4.97. The van der Waals surface area contributed by atoms with Gasteiger partial charge in [0, 0.05) is 0 Å². The average Bonchev–Trinajstić information content (AvgIpc) is 2.85. The lowest BCUT2D eigenvalue weighted by atomic mass is 10.5. The van der Waals surface area contributed by atoms with Gasteiger partial charge in [0.25, 0.3) is 0 Å². The summed E-state index contributed by atoms with van der Waals surface area (Å²) in [5.74, 6) is 0.580. The second-order valence-corrected chi connectivity index (χ2v) is 3.36. The van der Waals surface area contributed by atoms with Gasteiger partial charge in [-0.05, 0) is 22.1 Å². The van der Waals surface area contributed by atoms with E-state index in [1.807, 2.05) is 22.7 Å². The zero-order valence-corrected chi connectivity index (χ0v) is 9.36. The highest BCUT2D eigenvalue weighted by Crippen LogP contribution is 2.09. The van der Waals surface area contributed by atoms with E-state index in [-0.39, 0.29) is 6.01 Å². The van der Waals surface area contributed by atoms with Crippen LogP contribution in [0.15, 0.2) is 24.5 Å². The third-order valence-corrected chi connectivity index (χ3v) is 2.42. The normalized spacial score (nSPS) is 10.9. The molecule has 0 amide bonds. The molecule has 0 saturated heterocycles. The van der Waals surface area contributed by atoms with Gasteiger partial charge in [-0.1, -0.05) is 4.52 Å². The smallest absolute Gasteiger partial charge is 0.439 e. The van der Waals surface area contributed by atoms with Crippen LogP contribution in [-0.2, 0) is 0 Å². The maximum atomic E-state index is 5.15. The Balaban J connectivity index is 2.48. The van der Waals surface area contributed by atoms with Gasteiger partial charge in [-0.25, -0.2) is 4.40 Å². The molecule has 0 saturated carbocycles. The van der Waals surface area contributed by atoms with E-state index in [9.17, 15) is 0 Å². The van der Waals surface area contributed by atoms with E-state index in [0.717, 1.165) is 5.52 Å². The average molecular weight is 232 g/mol. The molecular weight excluding hydrogens is 222 g/mol. The maximum Gasteiger partial charge on any atom is 0.439 e. The van der Waals surface area contributed by atoms with Crippen LogP contribution in [0.1, 0.15) is 0 Å². The topological polar surface area (TPSA) is 65.6 Å². The maximum absolute atomic E-state index is 5.15. The second-order valence-electron chi connectivity index (χ2n) is 3.36. The standard InChI is InChI=1S/C10H10N5O2/c1-16-8-12-9-14-5-3-4-7(14)6-11-15(9)10(13-8)17-2/h3-6H,1-2H3/q+1. The van der Waals surface area contributed by atoms with Crippen molar-refractivity contribution in [1.29, 1.82) is 0 Å². The Bertz CT molecular complexity index is 694. The van der Waals surface area contributed by atoms with Crippen LogP contribution in [0.3, 0.4) is 0 Å². The molecule has 0 unspecified atom stereocenters. The van der Waals surface area contributed by atoms with Crippen LogP contribution in [0.5, 0.6) is 12.0 Å². The molecule has 0 bridgehead atoms. The summed E-state index contributed by atoms with van der Waals surface area (Å²) in [5, 5.41) is 4.22. The molecule has 0 fully saturated rings. The molecule has 0 spiro atoms. The van der Waals surface area contributed by atoms with Crippen LogP contribution in [-0.4, -0.2) is 33.7 Å². The molecule has 7 heteroatoms. The zero-order chi connectivity index (χ0) is 11.8. The highest BCUT2D eigenvalue weighted by atomic mass is 16.5. The number of fused-ring (bicyclic) bond motifs is 3. The third-order valence-electron chi connectivity index (χ3n) is 2.42. The minimum Gasteiger partial charge on any atom is -0.449 e. The lowest BCUT2D eigenvalue weighted by Gasteiger charge is -2.00. The van der Waals surface area contributed by atoms with Gasteiger partial charge in [0.1, 0.15) is 5.52 Å². The molecule has 3 aromatic rings. The van der Waals surface area contributed by atoms with Crippen molar-refractivity contribution in [3.8, 4) is 12.0 Å². The van der Waals surface area contributed by atoms with Gasteiger partial charge in [-0.3, -0.25) is 0 Å². The Morgan fingerprint density at radius 1 is 1.24 bits per heavy atom. The van der Waals surface area contributed by atoms with Gasteiger partial charge in [0.05, 0.1) is 26.6 Å². The molecule has 17 heavy (non-hydrogen) atoms. The van der Waals surface area contributed by atoms with Gasteiger partial charge in [-0.2, -0.15) is 0 Å². The van der Waals surface area contributed by atoms with E-state index in [4.69, 9.17) is 9.47 Å². The predicted octanol–water partition coefficient (Wildman–Crippen LogP) is -0.120. The van der Waals surface area contributed by atoms with E-state index in [0.29, 0.717) is 11.8 Å². The van der Waals surface area contributed by atoms with Crippen molar-refractivity contribution in [2.24, 2.45) is 0 Å². The lowest BCUT2D eigenvalue weighted by molar-refractivity contribution is -0.596. The molecule has 0 N–H and O–H groups in total. The monoisotopic (exact) mass is 232 g/mol. The van der Waals surface area contributed by atoms with Gasteiger partial charge < -0.3 is 9.47 Å². The predicted molar refractivity (Wildman–Crippen MR) is 57.0 cm³/mol. The molecule has 0 aliphatic rings. The van der Waals surface area contributed by atoms with E-state index < -0.39 is 0 Å². The van der Waals surface area contributed by atoms with E-state index >= 15 is 0 Å². The number of nitrogens with zero attached hydrogens (tertiary/aromatic N) is 5. The summed E-state index contributed by atoms with van der Waals surface area (Å²) < 4.78 is 13.6. The van der Waals surface area contributed by atoms with Crippen molar-refractivity contribution in [2.75, 3.05) is 14.2 Å². The molecule has 7 nitrogen and oxygen atoms in total. The van der Waals surface area contributed by atoms with Gasteiger partial charge in [0.15, 0.2) is 0 Å². The van der Waals surface area contributed by atoms with Crippen molar-refractivity contribution in [2.45, 2.75) is 0 Å². The van der Waals surface area contributed by atoms with Crippen molar-refractivity contribution in [3.63, 3.8) is 0 Å². The van der Waals surface area contributed by atoms with Gasteiger partial charge >= 0.3 is 17.8 Å². The lowest BCUT2D eigenvalue weighted by Crippen LogP contribution is -2.33. The summed E-state index contributed by atoms with van der Waals surface area (Å²) >= 11 is 0. The fourth-order valence-corrected chi connectivity index (χ4v) is 1.65. The van der Waals surface area contributed by atoms with Crippen LogP contribution in [0.25, 0.3) is 11.3 Å². The number of rotatable bonds is 2. The Hall–Kier alpha value is -2.44. The summed E-state index contributed by atoms with van der Waals surface area (Å²) in [6.45, 7) is 0. The molecule has 0 aromatic carbocycles. The minimum absolute atomic E-state index is 0.241. The molecule has 3 aromatic heterocycles. The quantitative estimate of drug-likeness (QED) is 0.576. The number of methoxy groups -OCH3 is 2. The summed E-state index contributed by atoms with van der Waals surface area (Å²) in [6, 6.07) is 4.42. The van der Waals surface area contributed by atoms with Crippen molar-refractivity contribution < 1.29 is 14.0 Å². The number of aromatic nitrogens is 5. The molecule has 3 rings (SSSR count). The van der Waals surface area contributed by atoms with Gasteiger partial charge in [-0.15, -0.1) is 5.10 Å². The molecular formula is C10H10N5O2+.